The lowest BCUT2D eigenvalue weighted by molar-refractivity contribution is -0.139. The second-order valence-electron chi connectivity index (χ2n) is 6.12. The lowest BCUT2D eigenvalue weighted by Crippen LogP contribution is -2.56. The number of carbonyl (C=O) groups is 2. The van der Waals surface area contributed by atoms with Crippen molar-refractivity contribution >= 4 is 11.9 Å². The van der Waals surface area contributed by atoms with Crippen molar-refractivity contribution < 1.29 is 24.2 Å². The van der Waals surface area contributed by atoms with E-state index in [1.807, 2.05) is 19.9 Å². The van der Waals surface area contributed by atoms with Crippen molar-refractivity contribution in [2.24, 2.45) is 5.92 Å². The van der Waals surface area contributed by atoms with Crippen LogP contribution in [-0.4, -0.2) is 54.7 Å². The van der Waals surface area contributed by atoms with E-state index in [-0.39, 0.29) is 17.9 Å². The second kappa shape index (κ2) is 8.01. The minimum atomic E-state index is -1.05. The summed E-state index contributed by atoms with van der Waals surface area (Å²) in [4.78, 5) is 25.0. The Bertz CT molecular complexity index is 603. The van der Waals surface area contributed by atoms with Gasteiger partial charge in [-0.1, -0.05) is 19.9 Å². The van der Waals surface area contributed by atoms with Gasteiger partial charge in [-0.2, -0.15) is 0 Å². The van der Waals surface area contributed by atoms with Gasteiger partial charge in [0, 0.05) is 19.6 Å². The minimum absolute atomic E-state index is 0.0483. The number of ether oxygens (including phenoxy) is 2. The fourth-order valence-electron chi connectivity index (χ4n) is 2.94. The smallest absolute Gasteiger partial charge is 0.341 e. The van der Waals surface area contributed by atoms with Gasteiger partial charge in [0.05, 0.1) is 13.2 Å². The zero-order valence-electron chi connectivity index (χ0n) is 14.2. The molecule has 1 aromatic rings. The summed E-state index contributed by atoms with van der Waals surface area (Å²) in [6.07, 6.45) is 0. The highest BCUT2D eigenvalue weighted by Gasteiger charge is 2.32. The first-order valence-corrected chi connectivity index (χ1v) is 7.95. The van der Waals surface area contributed by atoms with Crippen LogP contribution in [0.2, 0.25) is 0 Å². The van der Waals surface area contributed by atoms with Crippen molar-refractivity contribution in [1.29, 1.82) is 0 Å². The molecule has 1 saturated heterocycles. The fraction of sp³-hybridized carbons (Fsp3) is 0.529. The van der Waals surface area contributed by atoms with Crippen LogP contribution in [0.15, 0.2) is 18.2 Å². The molecule has 2 rings (SSSR count). The fourth-order valence-corrected chi connectivity index (χ4v) is 2.94. The van der Waals surface area contributed by atoms with Crippen LogP contribution < -0.4 is 14.8 Å². The number of carboxylic acids is 1. The molecule has 2 N–H and O–H groups in total. The third kappa shape index (κ3) is 4.38. The summed E-state index contributed by atoms with van der Waals surface area (Å²) in [7, 11) is 1.51. The molecule has 1 atom stereocenters. The molecule has 0 aromatic heterocycles. The van der Waals surface area contributed by atoms with Gasteiger partial charge in [-0.15, -0.1) is 0 Å². The number of amides is 1. The number of nitrogens with one attached hydrogen (secondary N) is 1. The van der Waals surface area contributed by atoms with Crippen LogP contribution in [0.25, 0.3) is 0 Å². The Morgan fingerprint density at radius 3 is 2.79 bits per heavy atom. The predicted molar refractivity (Wildman–Crippen MR) is 88.2 cm³/mol. The van der Waals surface area contributed by atoms with Gasteiger partial charge in [0.1, 0.15) is 0 Å². The molecule has 24 heavy (non-hydrogen) atoms. The third-order valence-corrected chi connectivity index (χ3v) is 3.96. The molecule has 0 spiro atoms. The summed E-state index contributed by atoms with van der Waals surface area (Å²) in [6.45, 7) is 5.60. The summed E-state index contributed by atoms with van der Waals surface area (Å²) in [5.74, 6) is 0.0742. The Morgan fingerprint density at radius 1 is 1.42 bits per heavy atom. The van der Waals surface area contributed by atoms with E-state index in [1.165, 1.54) is 7.11 Å². The molecule has 1 fully saturated rings. The number of carbonyl (C=O) groups excluding carboxylic acids is 1. The van der Waals surface area contributed by atoms with Gasteiger partial charge in [0.15, 0.2) is 18.1 Å². The van der Waals surface area contributed by atoms with Gasteiger partial charge in [-0.3, -0.25) is 9.69 Å². The molecule has 0 aliphatic carbocycles. The molecule has 1 aliphatic rings. The SMILES string of the molecule is COc1ccc(CN2CCNC(=O)[C@H]2C(C)C)cc1OCC(=O)O. The number of carboxylic acid groups (broad SMARTS) is 1. The minimum Gasteiger partial charge on any atom is -0.493 e. The Hall–Kier alpha value is -2.28. The maximum absolute atomic E-state index is 12.1. The van der Waals surface area contributed by atoms with Crippen LogP contribution in [0.1, 0.15) is 19.4 Å². The molecule has 0 unspecified atom stereocenters. The van der Waals surface area contributed by atoms with E-state index >= 15 is 0 Å². The molecule has 1 aliphatic heterocycles. The van der Waals surface area contributed by atoms with E-state index < -0.39 is 12.6 Å². The predicted octanol–water partition coefficient (Wildman–Crippen LogP) is 1.11. The van der Waals surface area contributed by atoms with E-state index in [0.717, 1.165) is 12.1 Å². The number of nitrogens with zero attached hydrogens (tertiary/aromatic N) is 1. The van der Waals surface area contributed by atoms with Gasteiger partial charge in [-0.25, -0.2) is 4.79 Å². The van der Waals surface area contributed by atoms with Crippen LogP contribution >= 0.6 is 0 Å². The molecule has 132 valence electrons. The number of rotatable bonds is 7. The molecule has 7 nitrogen and oxygen atoms in total. The molecule has 0 saturated carbocycles. The number of benzene rings is 1. The first-order chi connectivity index (χ1) is 11.4. The van der Waals surface area contributed by atoms with E-state index in [1.54, 1.807) is 12.1 Å². The highest BCUT2D eigenvalue weighted by atomic mass is 16.5. The topological polar surface area (TPSA) is 88.1 Å². The molecule has 0 radical (unpaired) electrons. The summed E-state index contributed by atoms with van der Waals surface area (Å²) < 4.78 is 10.5. The quantitative estimate of drug-likeness (QED) is 0.776. The lowest BCUT2D eigenvalue weighted by atomic mass is 9.99. The zero-order chi connectivity index (χ0) is 17.7. The lowest BCUT2D eigenvalue weighted by Gasteiger charge is -2.37. The number of hydrogen-bond acceptors (Lipinski definition) is 5. The number of hydrogen-bond donors (Lipinski definition) is 2. The standard InChI is InChI=1S/C17H24N2O5/c1-11(2)16-17(22)18-6-7-19(16)9-12-4-5-13(23-3)14(8-12)24-10-15(20)21/h4-5,8,11,16H,6-7,9-10H2,1-3H3,(H,18,22)(H,20,21)/t16-/m1/s1. The molecular weight excluding hydrogens is 312 g/mol. The first-order valence-electron chi connectivity index (χ1n) is 7.95. The van der Waals surface area contributed by atoms with E-state index in [9.17, 15) is 9.59 Å². The molecular formula is C17H24N2O5. The van der Waals surface area contributed by atoms with Crippen molar-refractivity contribution in [3.8, 4) is 11.5 Å². The average molecular weight is 336 g/mol. The van der Waals surface area contributed by atoms with E-state index in [4.69, 9.17) is 14.6 Å². The van der Waals surface area contributed by atoms with Crippen molar-refractivity contribution in [3.63, 3.8) is 0 Å². The molecule has 0 bridgehead atoms. The van der Waals surface area contributed by atoms with Gasteiger partial charge in [-0.05, 0) is 23.6 Å². The Kier molecular flexibility index (Phi) is 6.03. The van der Waals surface area contributed by atoms with Crippen molar-refractivity contribution in [1.82, 2.24) is 10.2 Å². The Labute approximate surface area is 141 Å². The largest absolute Gasteiger partial charge is 0.493 e. The van der Waals surface area contributed by atoms with Crippen molar-refractivity contribution in [3.05, 3.63) is 23.8 Å². The average Bonchev–Trinajstić information content (AvgIpc) is 2.52. The summed E-state index contributed by atoms with van der Waals surface area (Å²) in [5.41, 5.74) is 0.941. The maximum Gasteiger partial charge on any atom is 0.341 e. The Balaban J connectivity index is 2.17. The monoisotopic (exact) mass is 336 g/mol. The number of piperazine rings is 1. The molecule has 1 heterocycles. The molecule has 1 amide bonds. The van der Waals surface area contributed by atoms with E-state index in [2.05, 4.69) is 10.2 Å². The second-order valence-corrected chi connectivity index (χ2v) is 6.12. The van der Waals surface area contributed by atoms with Crippen LogP contribution in [0, 0.1) is 5.92 Å². The van der Waals surface area contributed by atoms with Crippen LogP contribution in [0.4, 0.5) is 0 Å². The van der Waals surface area contributed by atoms with Gasteiger partial charge in [0.25, 0.3) is 0 Å². The summed E-state index contributed by atoms with van der Waals surface area (Å²) in [5, 5.41) is 11.7. The third-order valence-electron chi connectivity index (χ3n) is 3.96. The van der Waals surface area contributed by atoms with Gasteiger partial charge in [0.2, 0.25) is 5.91 Å². The van der Waals surface area contributed by atoms with Crippen molar-refractivity contribution in [2.45, 2.75) is 26.4 Å². The van der Waals surface area contributed by atoms with E-state index in [0.29, 0.717) is 24.6 Å². The summed E-state index contributed by atoms with van der Waals surface area (Å²) >= 11 is 0. The van der Waals surface area contributed by atoms with Crippen molar-refractivity contribution in [2.75, 3.05) is 26.8 Å². The van der Waals surface area contributed by atoms with Crippen LogP contribution in [0.3, 0.4) is 0 Å². The maximum atomic E-state index is 12.1. The Morgan fingerprint density at radius 2 is 2.17 bits per heavy atom. The highest BCUT2D eigenvalue weighted by Crippen LogP contribution is 2.29. The number of aliphatic carboxylic acids is 1. The normalized spacial score (nSPS) is 18.3. The molecule has 7 heteroatoms. The summed E-state index contributed by atoms with van der Waals surface area (Å²) in [6, 6.07) is 5.24. The zero-order valence-corrected chi connectivity index (χ0v) is 14.2. The van der Waals surface area contributed by atoms with Crippen LogP contribution in [0.5, 0.6) is 11.5 Å². The first kappa shape index (κ1) is 18.1. The van der Waals surface area contributed by atoms with Crippen LogP contribution in [-0.2, 0) is 16.1 Å². The highest BCUT2D eigenvalue weighted by molar-refractivity contribution is 5.82. The number of methoxy groups -OCH3 is 1. The molecule has 1 aromatic carbocycles. The van der Waals surface area contributed by atoms with Gasteiger partial charge >= 0.3 is 5.97 Å². The van der Waals surface area contributed by atoms with Gasteiger partial charge < -0.3 is 19.9 Å².